The van der Waals surface area contributed by atoms with E-state index in [1.807, 2.05) is 40.1 Å². The van der Waals surface area contributed by atoms with Crippen molar-refractivity contribution in [2.45, 2.75) is 78.4 Å². The molecular formula is C24H32As2Cl2S4. The van der Waals surface area contributed by atoms with E-state index in [-0.39, 0.29) is 0 Å². The van der Waals surface area contributed by atoms with E-state index in [0.717, 1.165) is 23.0 Å². The summed E-state index contributed by atoms with van der Waals surface area (Å²) in [4.78, 5) is 0. The van der Waals surface area contributed by atoms with Crippen molar-refractivity contribution in [1.82, 2.24) is 0 Å². The molecule has 0 aliphatic carbocycles. The Balaban J connectivity index is 2.00. The van der Waals surface area contributed by atoms with E-state index in [2.05, 4.69) is 55.4 Å². The Hall–Kier alpha value is 1.54. The van der Waals surface area contributed by atoms with Crippen LogP contribution in [-0.4, -0.2) is 22.8 Å². The van der Waals surface area contributed by atoms with Crippen LogP contribution in [0.4, 0.5) is 0 Å². The van der Waals surface area contributed by atoms with Gasteiger partial charge in [-0.3, -0.25) is 0 Å². The van der Waals surface area contributed by atoms with Gasteiger partial charge in [0.05, 0.1) is 0 Å². The van der Waals surface area contributed by atoms with E-state index in [1.54, 1.807) is 0 Å². The van der Waals surface area contributed by atoms with Crippen molar-refractivity contribution >= 4 is 82.8 Å². The fraction of sp³-hybridized carbons (Fsp3) is 0.500. The molecule has 4 bridgehead atoms. The molecule has 0 saturated carbocycles. The molecule has 0 saturated heterocycles. The molecule has 0 nitrogen and oxygen atoms in total. The maximum atomic E-state index is 6.97. The summed E-state index contributed by atoms with van der Waals surface area (Å²) in [5.74, 6) is 4.12. The molecule has 32 heavy (non-hydrogen) atoms. The molecule has 0 amide bonds. The van der Waals surface area contributed by atoms with Gasteiger partial charge in [0.2, 0.25) is 0 Å². The van der Waals surface area contributed by atoms with Crippen molar-refractivity contribution < 1.29 is 0 Å². The molecular weight excluding hydrogens is 637 g/mol. The predicted molar refractivity (Wildman–Crippen MR) is 159 cm³/mol. The molecule has 0 aromatic heterocycles. The van der Waals surface area contributed by atoms with Crippen LogP contribution in [0.3, 0.4) is 0 Å². The van der Waals surface area contributed by atoms with Crippen LogP contribution >= 0.6 is 60.0 Å². The minimum atomic E-state index is -1.52. The standard InChI is InChI=1S/C24H32As2Cl2S4/c1-13-14(2)22-10-30-26(28)32-12-24-19(7)17(5)23(18(6)20(24)8)11-31-25(27)29-9-21(13)15(3)16(22)4/h9-12H2,1-8H3. The van der Waals surface area contributed by atoms with Crippen LogP contribution in [0, 0.1) is 55.4 Å². The Labute approximate surface area is 225 Å². The number of hydrogen-bond acceptors (Lipinski definition) is 4. The molecule has 0 fully saturated rings. The van der Waals surface area contributed by atoms with E-state index in [0.29, 0.717) is 0 Å². The quantitative estimate of drug-likeness (QED) is 0.257. The number of benzene rings is 2. The zero-order valence-electron chi connectivity index (χ0n) is 20.1. The van der Waals surface area contributed by atoms with E-state index >= 15 is 0 Å². The van der Waals surface area contributed by atoms with Crippen LogP contribution in [0.5, 0.6) is 0 Å². The van der Waals surface area contributed by atoms with Gasteiger partial charge in [-0.25, -0.2) is 0 Å². The van der Waals surface area contributed by atoms with Gasteiger partial charge in [0.25, 0.3) is 0 Å². The van der Waals surface area contributed by atoms with Crippen molar-refractivity contribution in [3.05, 3.63) is 66.8 Å². The summed E-state index contributed by atoms with van der Waals surface area (Å²) in [6, 6.07) is 0. The second-order valence-corrected chi connectivity index (χ2v) is 36.6. The molecule has 0 spiro atoms. The van der Waals surface area contributed by atoms with Gasteiger partial charge >= 0.3 is 228 Å². The van der Waals surface area contributed by atoms with Gasteiger partial charge in [0, 0.05) is 0 Å². The van der Waals surface area contributed by atoms with Crippen molar-refractivity contribution in [1.29, 1.82) is 0 Å². The Morgan fingerprint density at radius 3 is 0.719 bits per heavy atom. The zero-order valence-corrected chi connectivity index (χ0v) is 28.6. The third-order valence-electron chi connectivity index (χ3n) is 7.11. The van der Waals surface area contributed by atoms with E-state index in [9.17, 15) is 0 Å². The minimum absolute atomic E-state index is 1.03. The second kappa shape index (κ2) is 12.2. The Morgan fingerprint density at radius 2 is 0.562 bits per heavy atom. The van der Waals surface area contributed by atoms with Gasteiger partial charge in [-0.05, 0) is 0 Å². The summed E-state index contributed by atoms with van der Waals surface area (Å²) < 4.78 is 0. The van der Waals surface area contributed by atoms with Crippen molar-refractivity contribution in [3.63, 3.8) is 0 Å². The molecule has 4 heterocycles. The van der Waals surface area contributed by atoms with Crippen LogP contribution in [0.25, 0.3) is 0 Å². The molecule has 176 valence electrons. The fourth-order valence-corrected chi connectivity index (χ4v) is 22.5. The molecule has 2 aromatic rings. The second-order valence-electron chi connectivity index (χ2n) is 8.43. The fourth-order valence-electron chi connectivity index (χ4n) is 4.34. The van der Waals surface area contributed by atoms with Crippen LogP contribution < -0.4 is 0 Å². The molecule has 2 aromatic carbocycles. The van der Waals surface area contributed by atoms with E-state index in [1.165, 1.54) is 66.8 Å². The van der Waals surface area contributed by atoms with Crippen LogP contribution in [0.1, 0.15) is 66.8 Å². The normalized spacial score (nSPS) is 20.4. The van der Waals surface area contributed by atoms with Crippen molar-refractivity contribution in [3.8, 4) is 0 Å². The van der Waals surface area contributed by atoms with E-state index < -0.39 is 22.8 Å². The van der Waals surface area contributed by atoms with E-state index in [4.69, 9.17) is 19.9 Å². The first-order valence-electron chi connectivity index (χ1n) is 10.6. The molecule has 4 aliphatic heterocycles. The van der Waals surface area contributed by atoms with Gasteiger partial charge in [-0.1, -0.05) is 0 Å². The average molecular weight is 670 g/mol. The Morgan fingerprint density at radius 1 is 0.406 bits per heavy atom. The zero-order chi connectivity index (χ0) is 23.7. The first-order chi connectivity index (χ1) is 15.0. The first-order valence-corrected chi connectivity index (χ1v) is 28.5. The SMILES string of the molecule is Cc1c(C)c2c(C)c(C)c1CS[As](Cl)SCc1c(C)c(C)c(c(C)c1C)CS[As](Cl)SC2. The maximum absolute atomic E-state index is 6.97. The summed E-state index contributed by atoms with van der Waals surface area (Å²) in [6.07, 6.45) is 0. The molecule has 6 rings (SSSR count). The number of rotatable bonds is 0. The molecule has 8 heteroatoms. The predicted octanol–water partition coefficient (Wildman–Crippen LogP) is 9.25. The van der Waals surface area contributed by atoms with Crippen molar-refractivity contribution in [2.75, 3.05) is 0 Å². The topological polar surface area (TPSA) is 0 Å². The third kappa shape index (κ3) is 6.08. The summed E-state index contributed by atoms with van der Waals surface area (Å²) in [5, 5.41) is 0. The molecule has 0 atom stereocenters. The molecule has 4 aliphatic rings. The number of halogens is 2. The first kappa shape index (κ1) is 28.1. The monoisotopic (exact) mass is 668 g/mol. The molecule has 0 radical (unpaired) electrons. The summed E-state index contributed by atoms with van der Waals surface area (Å²) in [5.41, 5.74) is 17.6. The average Bonchev–Trinajstić information content (AvgIpc) is 2.75. The van der Waals surface area contributed by atoms with Crippen molar-refractivity contribution in [2.24, 2.45) is 0 Å². The summed E-state index contributed by atoms with van der Waals surface area (Å²) in [7, 11) is 22.0. The van der Waals surface area contributed by atoms with Gasteiger partial charge in [0.15, 0.2) is 0 Å². The van der Waals surface area contributed by atoms with Crippen LogP contribution in [0.2, 0.25) is 0 Å². The Kier molecular flexibility index (Phi) is 10.7. The van der Waals surface area contributed by atoms with Crippen LogP contribution in [-0.2, 0) is 23.0 Å². The van der Waals surface area contributed by atoms with Gasteiger partial charge in [-0.15, -0.1) is 0 Å². The van der Waals surface area contributed by atoms with Gasteiger partial charge in [-0.2, -0.15) is 0 Å². The summed E-state index contributed by atoms with van der Waals surface area (Å²) in [6.45, 7) is 18.4. The van der Waals surface area contributed by atoms with Gasteiger partial charge in [0.1, 0.15) is 0 Å². The number of hydrogen-bond donors (Lipinski definition) is 0. The third-order valence-corrected chi connectivity index (χ3v) is 30.6. The molecule has 0 N–H and O–H groups in total. The molecule has 0 unspecified atom stereocenters. The van der Waals surface area contributed by atoms with Gasteiger partial charge < -0.3 is 0 Å². The Bertz CT molecular complexity index is 809. The van der Waals surface area contributed by atoms with Crippen LogP contribution in [0.15, 0.2) is 0 Å². The summed E-state index contributed by atoms with van der Waals surface area (Å²) >= 11 is -3.04.